The van der Waals surface area contributed by atoms with E-state index < -0.39 is 0 Å². The van der Waals surface area contributed by atoms with Gasteiger partial charge >= 0.3 is 0 Å². The van der Waals surface area contributed by atoms with Crippen LogP contribution in [0.4, 0.5) is 0 Å². The fraction of sp³-hybridized carbons (Fsp3) is 0.500. The molecular formula is C20H26N2O2S. The van der Waals surface area contributed by atoms with Gasteiger partial charge in [0.05, 0.1) is 16.9 Å². The Labute approximate surface area is 154 Å². The SMILES string of the molecule is CC(C)(C)c1cc(/C=C2\SCN(CC#N)C2=O)cc(C(C)(C)C)c1O. The third-order valence-corrected chi connectivity index (χ3v) is 5.23. The van der Waals surface area contributed by atoms with Crippen LogP contribution in [0.3, 0.4) is 0 Å². The average molecular weight is 359 g/mol. The Morgan fingerprint density at radius 2 is 1.72 bits per heavy atom. The van der Waals surface area contributed by atoms with Crippen molar-refractivity contribution in [2.45, 2.75) is 52.4 Å². The van der Waals surface area contributed by atoms with Gasteiger partial charge < -0.3 is 10.0 Å². The molecule has 1 aliphatic heterocycles. The van der Waals surface area contributed by atoms with Crippen molar-refractivity contribution in [3.05, 3.63) is 33.7 Å². The second kappa shape index (κ2) is 6.76. The maximum atomic E-state index is 12.4. The first kappa shape index (κ1) is 19.4. The molecule has 0 unspecified atom stereocenters. The van der Waals surface area contributed by atoms with E-state index >= 15 is 0 Å². The van der Waals surface area contributed by atoms with Crippen LogP contribution in [0.2, 0.25) is 0 Å². The van der Waals surface area contributed by atoms with Crippen LogP contribution in [0, 0.1) is 11.3 Å². The summed E-state index contributed by atoms with van der Waals surface area (Å²) < 4.78 is 0. The molecule has 0 spiro atoms. The Balaban J connectivity index is 2.54. The molecule has 1 heterocycles. The lowest BCUT2D eigenvalue weighted by Gasteiger charge is -2.28. The molecule has 1 aromatic carbocycles. The highest BCUT2D eigenvalue weighted by Crippen LogP contribution is 2.41. The smallest absolute Gasteiger partial charge is 0.261 e. The molecule has 1 amide bonds. The van der Waals surface area contributed by atoms with Gasteiger partial charge in [-0.3, -0.25) is 4.79 Å². The highest BCUT2D eigenvalue weighted by atomic mass is 32.2. The van der Waals surface area contributed by atoms with Crippen LogP contribution in [0.5, 0.6) is 5.75 Å². The molecule has 0 bridgehead atoms. The monoisotopic (exact) mass is 358 g/mol. The van der Waals surface area contributed by atoms with E-state index in [2.05, 4.69) is 41.5 Å². The first-order valence-electron chi connectivity index (χ1n) is 8.34. The Morgan fingerprint density at radius 3 is 2.16 bits per heavy atom. The number of nitrogens with zero attached hydrogens (tertiary/aromatic N) is 2. The molecule has 4 nitrogen and oxygen atoms in total. The molecule has 5 heteroatoms. The van der Waals surface area contributed by atoms with Crippen molar-refractivity contribution in [1.29, 1.82) is 5.26 Å². The predicted octanol–water partition coefficient (Wildman–Crippen LogP) is 4.38. The summed E-state index contributed by atoms with van der Waals surface area (Å²) in [6.45, 7) is 12.5. The molecule has 0 saturated carbocycles. The number of amides is 1. The summed E-state index contributed by atoms with van der Waals surface area (Å²) in [7, 11) is 0. The highest BCUT2D eigenvalue weighted by molar-refractivity contribution is 8.04. The van der Waals surface area contributed by atoms with Gasteiger partial charge in [-0.25, -0.2) is 0 Å². The first-order valence-corrected chi connectivity index (χ1v) is 9.32. The molecule has 1 fully saturated rings. The van der Waals surface area contributed by atoms with Crippen LogP contribution < -0.4 is 0 Å². The van der Waals surface area contributed by atoms with Gasteiger partial charge in [-0.05, 0) is 34.6 Å². The topological polar surface area (TPSA) is 64.3 Å². The van der Waals surface area contributed by atoms with Gasteiger partial charge in [0.15, 0.2) is 0 Å². The van der Waals surface area contributed by atoms with E-state index in [0.717, 1.165) is 16.7 Å². The zero-order valence-electron chi connectivity index (χ0n) is 15.8. The van der Waals surface area contributed by atoms with Crippen LogP contribution in [-0.2, 0) is 15.6 Å². The lowest BCUT2D eigenvalue weighted by molar-refractivity contribution is -0.124. The number of phenolic OH excluding ortho intramolecular Hbond substituents is 1. The van der Waals surface area contributed by atoms with Gasteiger partial charge in [-0.1, -0.05) is 53.3 Å². The lowest BCUT2D eigenvalue weighted by Crippen LogP contribution is -2.25. The normalized spacial score (nSPS) is 17.2. The third-order valence-electron chi connectivity index (χ3n) is 4.18. The van der Waals surface area contributed by atoms with Crippen LogP contribution in [0.15, 0.2) is 17.0 Å². The Kier molecular flexibility index (Phi) is 5.24. The van der Waals surface area contributed by atoms with Crippen molar-refractivity contribution in [1.82, 2.24) is 4.90 Å². The lowest BCUT2D eigenvalue weighted by atomic mass is 9.78. The number of aromatic hydroxyl groups is 1. The number of rotatable bonds is 2. The third kappa shape index (κ3) is 4.19. The number of nitriles is 1. The van der Waals surface area contributed by atoms with Gasteiger partial charge in [-0.2, -0.15) is 5.26 Å². The van der Waals surface area contributed by atoms with Gasteiger partial charge in [0.25, 0.3) is 5.91 Å². The number of carbonyl (C=O) groups is 1. The van der Waals surface area contributed by atoms with E-state index in [0.29, 0.717) is 16.5 Å². The van der Waals surface area contributed by atoms with Crippen LogP contribution in [0.1, 0.15) is 58.2 Å². The molecule has 1 aromatic rings. The largest absolute Gasteiger partial charge is 0.507 e. The number of phenols is 1. The minimum absolute atomic E-state index is 0.103. The van der Waals surface area contributed by atoms with E-state index in [1.165, 1.54) is 16.7 Å². The molecular weight excluding hydrogens is 332 g/mol. The molecule has 1 aliphatic rings. The standard InChI is InChI=1S/C20H26N2O2S/c1-19(2,3)14-9-13(10-15(17(14)23)20(4,5)6)11-16-18(24)22(8-7-21)12-25-16/h9-11,23H,8,12H2,1-6H3/b16-11-. The van der Waals surface area contributed by atoms with Gasteiger partial charge in [0, 0.05) is 11.1 Å². The summed E-state index contributed by atoms with van der Waals surface area (Å²) in [5.41, 5.74) is 2.23. The minimum atomic E-state index is -0.210. The zero-order chi connectivity index (χ0) is 19.0. The van der Waals surface area contributed by atoms with Crippen LogP contribution in [0.25, 0.3) is 6.08 Å². The van der Waals surface area contributed by atoms with Crippen molar-refractivity contribution in [2.75, 3.05) is 12.4 Å². The van der Waals surface area contributed by atoms with Gasteiger partial charge in [0.1, 0.15) is 12.3 Å². The Morgan fingerprint density at radius 1 is 1.20 bits per heavy atom. The zero-order valence-corrected chi connectivity index (χ0v) is 16.6. The average Bonchev–Trinajstić information content (AvgIpc) is 2.80. The predicted molar refractivity (Wildman–Crippen MR) is 103 cm³/mol. The number of carbonyl (C=O) groups excluding carboxylic acids is 1. The molecule has 0 radical (unpaired) electrons. The summed E-state index contributed by atoms with van der Waals surface area (Å²) in [5, 5.41) is 19.6. The molecule has 2 rings (SSSR count). The van der Waals surface area contributed by atoms with Crippen molar-refractivity contribution >= 4 is 23.7 Å². The Hall–Kier alpha value is -1.93. The summed E-state index contributed by atoms with van der Waals surface area (Å²) in [6.07, 6.45) is 1.87. The molecule has 1 N–H and O–H groups in total. The van der Waals surface area contributed by atoms with Crippen LogP contribution in [-0.4, -0.2) is 28.3 Å². The van der Waals surface area contributed by atoms with E-state index in [9.17, 15) is 9.90 Å². The first-order chi connectivity index (χ1) is 11.4. The quantitative estimate of drug-likeness (QED) is 0.629. The van der Waals surface area contributed by atoms with Crippen molar-refractivity contribution in [3.8, 4) is 11.8 Å². The summed E-state index contributed by atoms with van der Waals surface area (Å²) in [6, 6.07) is 5.93. The second-order valence-corrected chi connectivity index (χ2v) is 9.39. The highest BCUT2D eigenvalue weighted by Gasteiger charge is 2.29. The maximum Gasteiger partial charge on any atom is 0.261 e. The summed E-state index contributed by atoms with van der Waals surface area (Å²) >= 11 is 1.45. The van der Waals surface area contributed by atoms with Gasteiger partial charge in [-0.15, -0.1) is 0 Å². The number of thioether (sulfide) groups is 1. The van der Waals surface area contributed by atoms with E-state index in [1.54, 1.807) is 0 Å². The molecule has 134 valence electrons. The van der Waals surface area contributed by atoms with Crippen molar-refractivity contribution in [3.63, 3.8) is 0 Å². The van der Waals surface area contributed by atoms with Crippen molar-refractivity contribution < 1.29 is 9.90 Å². The van der Waals surface area contributed by atoms with E-state index in [-0.39, 0.29) is 23.3 Å². The summed E-state index contributed by atoms with van der Waals surface area (Å²) in [4.78, 5) is 14.5. The van der Waals surface area contributed by atoms with E-state index in [4.69, 9.17) is 5.26 Å². The molecule has 25 heavy (non-hydrogen) atoms. The summed E-state index contributed by atoms with van der Waals surface area (Å²) in [5.74, 6) is 0.738. The fourth-order valence-corrected chi connectivity index (χ4v) is 3.74. The van der Waals surface area contributed by atoms with Gasteiger partial charge in [0.2, 0.25) is 0 Å². The number of hydrogen-bond acceptors (Lipinski definition) is 4. The minimum Gasteiger partial charge on any atom is -0.507 e. The molecule has 0 aromatic heterocycles. The maximum absolute atomic E-state index is 12.4. The van der Waals surface area contributed by atoms with Crippen molar-refractivity contribution in [2.24, 2.45) is 0 Å². The number of benzene rings is 1. The second-order valence-electron chi connectivity index (χ2n) is 8.41. The number of hydrogen-bond donors (Lipinski definition) is 1. The Bertz CT molecular complexity index is 726. The van der Waals surface area contributed by atoms with E-state index in [1.807, 2.05) is 24.3 Å². The molecule has 1 saturated heterocycles. The fourth-order valence-electron chi connectivity index (χ4n) is 2.76. The van der Waals surface area contributed by atoms with Crippen LogP contribution >= 0.6 is 11.8 Å². The molecule has 0 atom stereocenters. The molecule has 0 aliphatic carbocycles.